The minimum atomic E-state index is -5.06. The summed E-state index contributed by atoms with van der Waals surface area (Å²) in [5.74, 6) is -2.02. The van der Waals surface area contributed by atoms with Gasteiger partial charge in [-0.3, -0.25) is 19.9 Å². The molecule has 9 N–H and O–H groups in total. The Morgan fingerprint density at radius 1 is 1.20 bits per heavy atom. The Balaban J connectivity index is 1.71. The number of β-amino-alcohol motifs (C(OH)–C–C–N with tert-alkyl or cyclic N) is 1. The van der Waals surface area contributed by atoms with Crippen LogP contribution in [-0.4, -0.2) is 81.5 Å². The SMILES string of the molecule is CC(O)(c1cc(Cl)cc(C(CC(=O)O)NC(O)CNC(=O)c2cc(O)cc(NC3=NCC(O)CN3)c2)c1)C(F)(F)F. The van der Waals surface area contributed by atoms with Gasteiger partial charge in [0.25, 0.3) is 5.91 Å². The number of phenols is 1. The second-order valence-electron chi connectivity index (χ2n) is 9.50. The molecule has 2 aromatic carbocycles. The van der Waals surface area contributed by atoms with E-state index in [1.807, 2.05) is 0 Å². The van der Waals surface area contributed by atoms with Gasteiger partial charge < -0.3 is 41.5 Å². The number of phenolic OH excluding ortho intramolecular Hbond substituents is 1. The fourth-order valence-electron chi connectivity index (χ4n) is 3.85. The predicted molar refractivity (Wildman–Crippen MR) is 142 cm³/mol. The molecule has 0 aromatic heterocycles. The number of amides is 1. The van der Waals surface area contributed by atoms with E-state index >= 15 is 0 Å². The molecule has 4 atom stereocenters. The molecule has 2 aromatic rings. The van der Waals surface area contributed by atoms with Crippen LogP contribution in [0.2, 0.25) is 5.02 Å². The van der Waals surface area contributed by atoms with Crippen molar-refractivity contribution in [3.05, 3.63) is 58.1 Å². The highest BCUT2D eigenvalue weighted by atomic mass is 35.5. The molecule has 0 spiro atoms. The molecule has 4 unspecified atom stereocenters. The zero-order valence-electron chi connectivity index (χ0n) is 21.5. The first-order chi connectivity index (χ1) is 19.0. The van der Waals surface area contributed by atoms with Gasteiger partial charge in [0.2, 0.25) is 0 Å². The molecule has 16 heteroatoms. The van der Waals surface area contributed by atoms with Crippen LogP contribution in [0.5, 0.6) is 5.75 Å². The summed E-state index contributed by atoms with van der Waals surface area (Å²) < 4.78 is 40.1. The number of carbonyl (C=O) groups is 2. The number of aromatic hydroxyl groups is 1. The van der Waals surface area contributed by atoms with E-state index in [4.69, 9.17) is 11.6 Å². The first-order valence-corrected chi connectivity index (χ1v) is 12.5. The van der Waals surface area contributed by atoms with Crippen LogP contribution in [0, 0.1) is 0 Å². The maximum atomic E-state index is 13.4. The minimum Gasteiger partial charge on any atom is -0.508 e. The first kappa shape index (κ1) is 31.9. The van der Waals surface area contributed by atoms with Crippen molar-refractivity contribution in [2.24, 2.45) is 4.99 Å². The largest absolute Gasteiger partial charge is 0.508 e. The summed E-state index contributed by atoms with van der Waals surface area (Å²) >= 11 is 5.97. The molecule has 12 nitrogen and oxygen atoms in total. The van der Waals surface area contributed by atoms with Crippen molar-refractivity contribution in [2.75, 3.05) is 25.0 Å². The van der Waals surface area contributed by atoms with Crippen LogP contribution in [0.25, 0.3) is 0 Å². The van der Waals surface area contributed by atoms with Gasteiger partial charge in [0.1, 0.15) is 12.0 Å². The maximum Gasteiger partial charge on any atom is 0.421 e. The zero-order chi connectivity index (χ0) is 30.5. The Morgan fingerprint density at radius 2 is 1.90 bits per heavy atom. The van der Waals surface area contributed by atoms with Crippen molar-refractivity contribution in [1.82, 2.24) is 16.0 Å². The van der Waals surface area contributed by atoms with Crippen molar-refractivity contribution in [3.8, 4) is 5.75 Å². The molecule has 0 bridgehead atoms. The lowest BCUT2D eigenvalue weighted by molar-refractivity contribution is -0.258. The van der Waals surface area contributed by atoms with Gasteiger partial charge in [-0.2, -0.15) is 13.2 Å². The van der Waals surface area contributed by atoms with Gasteiger partial charge in [-0.05, 0) is 42.3 Å². The molecule has 1 aliphatic heterocycles. The first-order valence-electron chi connectivity index (χ1n) is 12.2. The number of aliphatic imine (C=N–C) groups is 1. The molecule has 1 aliphatic rings. The van der Waals surface area contributed by atoms with Crippen molar-refractivity contribution in [3.63, 3.8) is 0 Å². The van der Waals surface area contributed by atoms with Gasteiger partial charge >= 0.3 is 12.1 Å². The number of hydrogen-bond acceptors (Lipinski definition) is 10. The Hall–Kier alpha value is -3.63. The number of guanidine groups is 1. The topological polar surface area (TPSA) is 196 Å². The molecule has 1 heterocycles. The molecular formula is C25H29ClF3N5O7. The fourth-order valence-corrected chi connectivity index (χ4v) is 4.10. The van der Waals surface area contributed by atoms with E-state index in [-0.39, 0.29) is 35.0 Å². The molecule has 1 amide bonds. The highest BCUT2D eigenvalue weighted by Crippen LogP contribution is 2.40. The Labute approximate surface area is 236 Å². The number of aliphatic hydroxyl groups excluding tert-OH is 2. The summed E-state index contributed by atoms with van der Waals surface area (Å²) in [6.07, 6.45) is -7.96. The number of rotatable bonds is 10. The van der Waals surface area contributed by atoms with E-state index in [2.05, 4.69) is 26.3 Å². The number of benzene rings is 2. The summed E-state index contributed by atoms with van der Waals surface area (Å²) in [5.41, 5.74) is -3.69. The standard InChI is InChI=1S/C25H29ClF3N5O7/c1-24(41,25(27,28)29)14-2-12(3-15(26)6-14)19(8-21(38)39)34-20(37)11-30-22(40)13-4-16(7-17(35)5-13)33-23-31-9-18(36)10-32-23/h2-7,18-20,34-37,41H,8-11H2,1H3,(H,30,40)(H,38,39)(H2,31,32,33). The smallest absolute Gasteiger partial charge is 0.421 e. The van der Waals surface area contributed by atoms with Crippen molar-refractivity contribution in [1.29, 1.82) is 0 Å². The average molecular weight is 604 g/mol. The van der Waals surface area contributed by atoms with Gasteiger partial charge in [-0.1, -0.05) is 17.7 Å². The van der Waals surface area contributed by atoms with Crippen LogP contribution in [0.3, 0.4) is 0 Å². The zero-order valence-corrected chi connectivity index (χ0v) is 22.3. The monoisotopic (exact) mass is 603 g/mol. The number of anilines is 1. The van der Waals surface area contributed by atoms with E-state index in [0.717, 1.165) is 18.2 Å². The molecule has 0 saturated carbocycles. The molecule has 224 valence electrons. The number of carboxylic acids is 1. The maximum absolute atomic E-state index is 13.4. The van der Waals surface area contributed by atoms with Crippen LogP contribution in [0.4, 0.5) is 18.9 Å². The molecule has 0 aliphatic carbocycles. The lowest BCUT2D eigenvalue weighted by Gasteiger charge is -2.29. The van der Waals surface area contributed by atoms with E-state index in [1.165, 1.54) is 18.2 Å². The highest BCUT2D eigenvalue weighted by molar-refractivity contribution is 6.30. The lowest BCUT2D eigenvalue weighted by Crippen LogP contribution is -2.43. The number of carbonyl (C=O) groups excluding carboxylic acids is 1. The summed E-state index contributed by atoms with van der Waals surface area (Å²) in [6, 6.07) is 5.63. The number of halogens is 4. The van der Waals surface area contributed by atoms with Gasteiger partial charge in [-0.15, -0.1) is 0 Å². The third-order valence-corrected chi connectivity index (χ3v) is 6.29. The summed E-state index contributed by atoms with van der Waals surface area (Å²) in [6.45, 7) is 0.475. The Bertz CT molecular complexity index is 1310. The average Bonchev–Trinajstić information content (AvgIpc) is 2.86. The molecule has 0 fully saturated rings. The molecular weight excluding hydrogens is 575 g/mol. The van der Waals surface area contributed by atoms with Crippen LogP contribution in [0.15, 0.2) is 41.4 Å². The third-order valence-electron chi connectivity index (χ3n) is 6.07. The van der Waals surface area contributed by atoms with E-state index in [0.29, 0.717) is 18.6 Å². The minimum absolute atomic E-state index is 0.00732. The number of hydrogen-bond donors (Lipinski definition) is 9. The van der Waals surface area contributed by atoms with Gasteiger partial charge in [0.15, 0.2) is 11.6 Å². The molecule has 3 rings (SSSR count). The second-order valence-corrected chi connectivity index (χ2v) is 9.94. The van der Waals surface area contributed by atoms with Crippen LogP contribution in [0.1, 0.15) is 40.9 Å². The number of nitrogens with zero attached hydrogens (tertiary/aromatic N) is 1. The van der Waals surface area contributed by atoms with E-state index in [9.17, 15) is 48.3 Å². The molecule has 0 radical (unpaired) electrons. The molecule has 0 saturated heterocycles. The van der Waals surface area contributed by atoms with Crippen molar-refractivity contribution >= 4 is 35.1 Å². The number of carboxylic acid groups (broad SMARTS) is 1. The van der Waals surface area contributed by atoms with E-state index < -0.39 is 60.6 Å². The van der Waals surface area contributed by atoms with Crippen molar-refractivity contribution < 1.29 is 48.3 Å². The van der Waals surface area contributed by atoms with Gasteiger partial charge in [0.05, 0.1) is 25.6 Å². The second kappa shape index (κ2) is 12.9. The summed E-state index contributed by atoms with van der Waals surface area (Å²) in [7, 11) is 0. The van der Waals surface area contributed by atoms with Crippen LogP contribution >= 0.6 is 11.6 Å². The Morgan fingerprint density at radius 3 is 2.51 bits per heavy atom. The van der Waals surface area contributed by atoms with Crippen molar-refractivity contribution in [2.45, 2.75) is 43.5 Å². The van der Waals surface area contributed by atoms with Crippen LogP contribution in [-0.2, 0) is 10.4 Å². The van der Waals surface area contributed by atoms with Gasteiger partial charge in [0, 0.05) is 34.9 Å². The highest BCUT2D eigenvalue weighted by Gasteiger charge is 2.51. The molecule has 41 heavy (non-hydrogen) atoms. The lowest BCUT2D eigenvalue weighted by atomic mass is 9.91. The Kier molecular flexibility index (Phi) is 10.0. The summed E-state index contributed by atoms with van der Waals surface area (Å²) in [4.78, 5) is 28.2. The number of nitrogens with one attached hydrogen (secondary N) is 4. The third kappa shape index (κ3) is 8.68. The van der Waals surface area contributed by atoms with Crippen LogP contribution < -0.4 is 21.3 Å². The van der Waals surface area contributed by atoms with Gasteiger partial charge in [-0.25, -0.2) is 0 Å². The fraction of sp³-hybridized carbons (Fsp3) is 0.400. The normalized spacial score (nSPS) is 18.3. The van der Waals surface area contributed by atoms with E-state index in [1.54, 1.807) is 0 Å². The number of alkyl halides is 3. The number of aliphatic hydroxyl groups is 3. The number of aliphatic carboxylic acids is 1. The predicted octanol–water partition coefficient (Wildman–Crippen LogP) is 1.40. The quantitative estimate of drug-likeness (QED) is 0.179. The summed E-state index contributed by atoms with van der Waals surface area (Å²) in [5, 5.41) is 59.8.